The first-order chi connectivity index (χ1) is 11.9. The van der Waals surface area contributed by atoms with Gasteiger partial charge in [0.15, 0.2) is 6.10 Å². The largest absolute Gasteiger partial charge is 0.494 e. The van der Waals surface area contributed by atoms with Crippen molar-refractivity contribution in [2.24, 2.45) is 0 Å². The predicted molar refractivity (Wildman–Crippen MR) is 95.2 cm³/mol. The summed E-state index contributed by atoms with van der Waals surface area (Å²) in [6, 6.07) is 10.4. The van der Waals surface area contributed by atoms with Crippen LogP contribution in [0.15, 0.2) is 46.9 Å². The summed E-state index contributed by atoms with van der Waals surface area (Å²) >= 11 is 3.09. The van der Waals surface area contributed by atoms with Crippen LogP contribution in [-0.4, -0.2) is 24.6 Å². The molecule has 1 amide bonds. The van der Waals surface area contributed by atoms with E-state index >= 15 is 0 Å². The second kappa shape index (κ2) is 8.62. The van der Waals surface area contributed by atoms with Gasteiger partial charge in [-0.05, 0) is 72.2 Å². The van der Waals surface area contributed by atoms with Gasteiger partial charge in [-0.1, -0.05) is 0 Å². The zero-order valence-corrected chi connectivity index (χ0v) is 15.3. The average Bonchev–Trinajstić information content (AvgIpc) is 2.56. The van der Waals surface area contributed by atoms with E-state index in [0.717, 1.165) is 12.1 Å². The van der Waals surface area contributed by atoms with Crippen LogP contribution in [0.5, 0.6) is 5.75 Å². The quantitative estimate of drug-likeness (QED) is 0.727. The third kappa shape index (κ3) is 5.29. The molecule has 0 spiro atoms. The number of nitrogens with one attached hydrogen (secondary N) is 1. The number of anilines is 1. The molecule has 0 saturated carbocycles. The van der Waals surface area contributed by atoms with E-state index in [1.54, 1.807) is 24.3 Å². The molecule has 0 heterocycles. The Morgan fingerprint density at radius 2 is 1.88 bits per heavy atom. The number of hydrogen-bond acceptors (Lipinski definition) is 4. The highest BCUT2D eigenvalue weighted by Gasteiger charge is 2.20. The summed E-state index contributed by atoms with van der Waals surface area (Å²) in [5.74, 6) is -0.984. The summed E-state index contributed by atoms with van der Waals surface area (Å²) in [4.78, 5) is 24.2. The molecule has 2 aromatic rings. The molecule has 0 saturated heterocycles. The number of amides is 1. The summed E-state index contributed by atoms with van der Waals surface area (Å²) in [6.45, 7) is 3.89. The SMILES string of the molecule is CCOc1ccc(NC(=O)[C@@H](C)OC(=O)c2ccc(F)cc2Br)cc1. The maximum atomic E-state index is 13.1. The van der Waals surface area contributed by atoms with Gasteiger partial charge in [0.1, 0.15) is 11.6 Å². The first kappa shape index (κ1) is 18.9. The number of halogens is 2. The van der Waals surface area contributed by atoms with Crippen LogP contribution in [0.3, 0.4) is 0 Å². The molecule has 0 aliphatic heterocycles. The van der Waals surface area contributed by atoms with Crippen molar-refractivity contribution in [2.45, 2.75) is 20.0 Å². The summed E-state index contributed by atoms with van der Waals surface area (Å²) < 4.78 is 23.8. The van der Waals surface area contributed by atoms with Gasteiger partial charge < -0.3 is 14.8 Å². The molecule has 7 heteroatoms. The molecule has 0 unspecified atom stereocenters. The number of carbonyl (C=O) groups is 2. The number of benzene rings is 2. The minimum Gasteiger partial charge on any atom is -0.494 e. The van der Waals surface area contributed by atoms with Gasteiger partial charge in [0.25, 0.3) is 5.91 Å². The number of carbonyl (C=O) groups excluding carboxylic acids is 2. The van der Waals surface area contributed by atoms with Crippen molar-refractivity contribution in [3.05, 3.63) is 58.3 Å². The smallest absolute Gasteiger partial charge is 0.340 e. The van der Waals surface area contributed by atoms with Crippen molar-refractivity contribution in [3.8, 4) is 5.75 Å². The van der Waals surface area contributed by atoms with Gasteiger partial charge in [-0.25, -0.2) is 9.18 Å². The van der Waals surface area contributed by atoms with Crippen LogP contribution in [0.25, 0.3) is 0 Å². The van der Waals surface area contributed by atoms with Crippen LogP contribution in [-0.2, 0) is 9.53 Å². The summed E-state index contributed by atoms with van der Waals surface area (Å²) in [6.07, 6.45) is -1.02. The molecule has 0 fully saturated rings. The molecular weight excluding hydrogens is 393 g/mol. The average molecular weight is 410 g/mol. The molecule has 0 aliphatic carbocycles. The lowest BCUT2D eigenvalue weighted by Gasteiger charge is -2.14. The van der Waals surface area contributed by atoms with E-state index in [4.69, 9.17) is 9.47 Å². The van der Waals surface area contributed by atoms with Gasteiger partial charge in [-0.15, -0.1) is 0 Å². The first-order valence-electron chi connectivity index (χ1n) is 7.60. The fourth-order valence-corrected chi connectivity index (χ4v) is 2.49. The number of esters is 1. The lowest BCUT2D eigenvalue weighted by atomic mass is 10.2. The lowest BCUT2D eigenvalue weighted by molar-refractivity contribution is -0.123. The Kier molecular flexibility index (Phi) is 6.52. The zero-order chi connectivity index (χ0) is 18.4. The Hall–Kier alpha value is -2.41. The van der Waals surface area contributed by atoms with E-state index in [9.17, 15) is 14.0 Å². The monoisotopic (exact) mass is 409 g/mol. The molecule has 5 nitrogen and oxygen atoms in total. The summed E-state index contributed by atoms with van der Waals surface area (Å²) in [7, 11) is 0. The Labute approximate surface area is 153 Å². The van der Waals surface area contributed by atoms with Gasteiger partial charge in [0.2, 0.25) is 0 Å². The fourth-order valence-electron chi connectivity index (χ4n) is 1.98. The van der Waals surface area contributed by atoms with Crippen molar-refractivity contribution >= 4 is 33.5 Å². The standard InChI is InChI=1S/C18H17BrFNO4/c1-3-24-14-7-5-13(6-8-14)21-17(22)11(2)25-18(23)15-9-4-12(20)10-16(15)19/h4-11H,3H2,1-2H3,(H,21,22)/t11-/m1/s1. The molecule has 25 heavy (non-hydrogen) atoms. The molecule has 0 radical (unpaired) electrons. The molecule has 0 aliphatic rings. The maximum Gasteiger partial charge on any atom is 0.340 e. The maximum absolute atomic E-state index is 13.1. The van der Waals surface area contributed by atoms with Crippen molar-refractivity contribution in [1.82, 2.24) is 0 Å². The van der Waals surface area contributed by atoms with E-state index < -0.39 is 23.8 Å². The Bertz CT molecular complexity index is 764. The molecule has 2 rings (SSSR count). The summed E-state index contributed by atoms with van der Waals surface area (Å²) in [5, 5.41) is 2.65. The minimum atomic E-state index is -1.02. The number of rotatable bonds is 6. The van der Waals surface area contributed by atoms with Gasteiger partial charge in [0, 0.05) is 10.2 Å². The van der Waals surface area contributed by atoms with Crippen LogP contribution < -0.4 is 10.1 Å². The van der Waals surface area contributed by atoms with Gasteiger partial charge in [0.05, 0.1) is 12.2 Å². The lowest BCUT2D eigenvalue weighted by Crippen LogP contribution is -2.30. The van der Waals surface area contributed by atoms with E-state index in [1.807, 2.05) is 6.92 Å². The van der Waals surface area contributed by atoms with Gasteiger partial charge in [-0.3, -0.25) is 4.79 Å². The third-order valence-corrected chi connectivity index (χ3v) is 3.89. The highest BCUT2D eigenvalue weighted by molar-refractivity contribution is 9.10. The molecule has 2 aromatic carbocycles. The van der Waals surface area contributed by atoms with Crippen molar-refractivity contribution in [2.75, 3.05) is 11.9 Å². The fraction of sp³-hybridized carbons (Fsp3) is 0.222. The molecule has 1 N–H and O–H groups in total. The van der Waals surface area contributed by atoms with Crippen LogP contribution in [0.2, 0.25) is 0 Å². The number of ether oxygens (including phenoxy) is 2. The normalized spacial score (nSPS) is 11.5. The van der Waals surface area contributed by atoms with Crippen molar-refractivity contribution in [1.29, 1.82) is 0 Å². The molecule has 0 aromatic heterocycles. The van der Waals surface area contributed by atoms with Crippen molar-refractivity contribution in [3.63, 3.8) is 0 Å². The van der Waals surface area contributed by atoms with E-state index in [0.29, 0.717) is 18.0 Å². The van der Waals surface area contributed by atoms with Crippen LogP contribution in [0, 0.1) is 5.82 Å². The Morgan fingerprint density at radius 3 is 2.48 bits per heavy atom. The highest BCUT2D eigenvalue weighted by atomic mass is 79.9. The van der Waals surface area contributed by atoms with Gasteiger partial charge in [-0.2, -0.15) is 0 Å². The van der Waals surface area contributed by atoms with Crippen LogP contribution >= 0.6 is 15.9 Å². The first-order valence-corrected chi connectivity index (χ1v) is 8.39. The molecule has 0 bridgehead atoms. The van der Waals surface area contributed by atoms with E-state index in [1.165, 1.54) is 13.0 Å². The Morgan fingerprint density at radius 1 is 1.20 bits per heavy atom. The van der Waals surface area contributed by atoms with Crippen LogP contribution in [0.1, 0.15) is 24.2 Å². The summed E-state index contributed by atoms with van der Waals surface area (Å²) in [5.41, 5.74) is 0.696. The second-order valence-corrected chi connectivity index (χ2v) is 5.97. The van der Waals surface area contributed by atoms with E-state index in [-0.39, 0.29) is 10.0 Å². The molecule has 1 atom stereocenters. The zero-order valence-electron chi connectivity index (χ0n) is 13.7. The van der Waals surface area contributed by atoms with Crippen molar-refractivity contribution < 1.29 is 23.5 Å². The molecular formula is C18H17BrFNO4. The van der Waals surface area contributed by atoms with E-state index in [2.05, 4.69) is 21.2 Å². The topological polar surface area (TPSA) is 64.6 Å². The molecule has 132 valence electrons. The third-order valence-electron chi connectivity index (χ3n) is 3.24. The van der Waals surface area contributed by atoms with Gasteiger partial charge >= 0.3 is 5.97 Å². The highest BCUT2D eigenvalue weighted by Crippen LogP contribution is 2.20. The number of hydrogen-bond donors (Lipinski definition) is 1. The minimum absolute atomic E-state index is 0.141. The predicted octanol–water partition coefficient (Wildman–Crippen LogP) is 4.17. The van der Waals surface area contributed by atoms with Crippen LogP contribution in [0.4, 0.5) is 10.1 Å². The Balaban J connectivity index is 1.96. The second-order valence-electron chi connectivity index (χ2n) is 5.12.